The molecule has 1 aliphatic carbocycles. The Kier molecular flexibility index (Phi) is 5.85. The van der Waals surface area contributed by atoms with E-state index in [1.165, 1.54) is 6.26 Å². The van der Waals surface area contributed by atoms with Gasteiger partial charge in [-0.05, 0) is 33.1 Å². The van der Waals surface area contributed by atoms with Crippen LogP contribution in [0, 0.1) is 0 Å². The van der Waals surface area contributed by atoms with Gasteiger partial charge in [-0.15, -0.1) is 0 Å². The first-order chi connectivity index (χ1) is 8.83. The second-order valence-electron chi connectivity index (χ2n) is 5.14. The molecule has 0 radical (unpaired) electrons. The highest BCUT2D eigenvalue weighted by molar-refractivity contribution is 7.90. The third-order valence-corrected chi connectivity index (χ3v) is 4.33. The largest absolute Gasteiger partial charge is 0.332 e. The van der Waals surface area contributed by atoms with Crippen LogP contribution in [-0.2, 0) is 9.84 Å². The van der Waals surface area contributed by atoms with Crippen LogP contribution in [0.3, 0.4) is 0 Å². The van der Waals surface area contributed by atoms with Gasteiger partial charge < -0.3 is 10.2 Å². The minimum absolute atomic E-state index is 0.00519. The number of nitrogens with one attached hydrogen (secondary N) is 1. The molecule has 2 atom stereocenters. The Morgan fingerprint density at radius 2 is 2.21 bits per heavy atom. The van der Waals surface area contributed by atoms with Crippen molar-refractivity contribution >= 4 is 15.9 Å². The average Bonchev–Trinajstić information content (AvgIpc) is 2.28. The summed E-state index contributed by atoms with van der Waals surface area (Å²) in [6.07, 6.45) is 8.36. The highest BCUT2D eigenvalue weighted by atomic mass is 32.2. The topological polar surface area (TPSA) is 66.5 Å². The predicted molar refractivity (Wildman–Crippen MR) is 76.9 cm³/mol. The number of urea groups is 1. The van der Waals surface area contributed by atoms with Crippen molar-refractivity contribution in [3.05, 3.63) is 12.2 Å². The maximum Gasteiger partial charge on any atom is 0.318 e. The summed E-state index contributed by atoms with van der Waals surface area (Å²) in [5.74, 6) is -0.00519. The molecular weight excluding hydrogens is 264 g/mol. The number of hydrogen-bond donors (Lipinski definition) is 1. The van der Waals surface area contributed by atoms with Crippen LogP contribution in [-0.4, -0.2) is 50.0 Å². The smallest absolute Gasteiger partial charge is 0.318 e. The molecule has 1 aliphatic rings. The van der Waals surface area contributed by atoms with Gasteiger partial charge in [0, 0.05) is 24.9 Å². The summed E-state index contributed by atoms with van der Waals surface area (Å²) in [7, 11) is -3.08. The van der Waals surface area contributed by atoms with Crippen molar-refractivity contribution in [3.8, 4) is 0 Å². The standard InChI is InChI=1S/C13H24N2O3S/c1-4-15(11(2)10-19(3,17)18)13(16)14-12-8-6-5-7-9-12/h6,8,11-12H,4-5,7,9-10H2,1-3H3,(H,14,16). The number of rotatable bonds is 5. The molecule has 0 aromatic rings. The van der Waals surface area contributed by atoms with Crippen molar-refractivity contribution in [2.24, 2.45) is 0 Å². The fourth-order valence-corrected chi connectivity index (χ4v) is 3.41. The molecular formula is C13H24N2O3S. The van der Waals surface area contributed by atoms with Gasteiger partial charge in [-0.2, -0.15) is 0 Å². The number of nitrogens with zero attached hydrogens (tertiary/aromatic N) is 1. The van der Waals surface area contributed by atoms with Crippen LogP contribution in [0.1, 0.15) is 33.1 Å². The lowest BCUT2D eigenvalue weighted by Gasteiger charge is -2.30. The first kappa shape index (κ1) is 16.0. The summed E-state index contributed by atoms with van der Waals surface area (Å²) < 4.78 is 22.6. The summed E-state index contributed by atoms with van der Waals surface area (Å²) >= 11 is 0. The lowest BCUT2D eigenvalue weighted by Crippen LogP contribution is -2.50. The van der Waals surface area contributed by atoms with Crippen LogP contribution in [0.4, 0.5) is 4.79 Å². The lowest BCUT2D eigenvalue weighted by molar-refractivity contribution is 0.184. The molecule has 2 amide bonds. The summed E-state index contributed by atoms with van der Waals surface area (Å²) in [6.45, 7) is 4.12. The van der Waals surface area contributed by atoms with Crippen LogP contribution in [0.5, 0.6) is 0 Å². The van der Waals surface area contributed by atoms with Gasteiger partial charge in [-0.1, -0.05) is 12.2 Å². The van der Waals surface area contributed by atoms with E-state index in [-0.39, 0.29) is 23.9 Å². The normalized spacial score (nSPS) is 20.9. The summed E-state index contributed by atoms with van der Waals surface area (Å²) in [5.41, 5.74) is 0. The van der Waals surface area contributed by atoms with E-state index in [9.17, 15) is 13.2 Å². The highest BCUT2D eigenvalue weighted by Gasteiger charge is 2.23. The van der Waals surface area contributed by atoms with Gasteiger partial charge in [0.05, 0.1) is 5.75 Å². The second-order valence-corrected chi connectivity index (χ2v) is 7.33. The zero-order valence-corrected chi connectivity index (χ0v) is 12.7. The lowest BCUT2D eigenvalue weighted by atomic mass is 10.0. The SMILES string of the molecule is CCN(C(=O)NC1C=CCCC1)C(C)CS(C)(=O)=O. The molecule has 0 aromatic heterocycles. The highest BCUT2D eigenvalue weighted by Crippen LogP contribution is 2.11. The number of amides is 2. The summed E-state index contributed by atoms with van der Waals surface area (Å²) in [5, 5.41) is 2.94. The van der Waals surface area contributed by atoms with E-state index in [2.05, 4.69) is 11.4 Å². The maximum absolute atomic E-state index is 12.2. The first-order valence-corrected chi connectivity index (χ1v) is 8.81. The minimum Gasteiger partial charge on any atom is -0.332 e. The molecule has 0 spiro atoms. The van der Waals surface area contributed by atoms with E-state index in [1.807, 2.05) is 13.0 Å². The number of allylic oxidation sites excluding steroid dienone is 1. The molecule has 0 saturated carbocycles. The molecule has 19 heavy (non-hydrogen) atoms. The van der Waals surface area contributed by atoms with E-state index < -0.39 is 9.84 Å². The molecule has 110 valence electrons. The van der Waals surface area contributed by atoms with Crippen molar-refractivity contribution in [1.29, 1.82) is 0 Å². The molecule has 2 unspecified atom stereocenters. The molecule has 5 nitrogen and oxygen atoms in total. The van der Waals surface area contributed by atoms with E-state index in [0.29, 0.717) is 6.54 Å². The first-order valence-electron chi connectivity index (χ1n) is 6.75. The number of carbonyl (C=O) groups excluding carboxylic acids is 1. The minimum atomic E-state index is -3.08. The van der Waals surface area contributed by atoms with Gasteiger partial charge in [0.15, 0.2) is 0 Å². The molecule has 0 fully saturated rings. The van der Waals surface area contributed by atoms with Gasteiger partial charge in [0.25, 0.3) is 0 Å². The Labute approximate surface area is 116 Å². The second kappa shape index (κ2) is 6.93. The van der Waals surface area contributed by atoms with Gasteiger partial charge >= 0.3 is 6.03 Å². The Morgan fingerprint density at radius 3 is 2.68 bits per heavy atom. The van der Waals surface area contributed by atoms with E-state index in [1.54, 1.807) is 11.8 Å². The third kappa shape index (κ3) is 5.63. The molecule has 1 N–H and O–H groups in total. The Hall–Kier alpha value is -1.04. The quantitative estimate of drug-likeness (QED) is 0.781. The van der Waals surface area contributed by atoms with Crippen molar-refractivity contribution in [2.45, 2.75) is 45.2 Å². The van der Waals surface area contributed by atoms with Crippen LogP contribution >= 0.6 is 0 Å². The molecule has 6 heteroatoms. The fraction of sp³-hybridized carbons (Fsp3) is 0.769. The summed E-state index contributed by atoms with van der Waals surface area (Å²) in [6, 6.07) is -0.427. The van der Waals surface area contributed by atoms with Gasteiger partial charge in [0.2, 0.25) is 0 Å². The molecule has 0 saturated heterocycles. The number of hydrogen-bond acceptors (Lipinski definition) is 3. The Balaban J connectivity index is 2.60. The van der Waals surface area contributed by atoms with Crippen LogP contribution in [0.15, 0.2) is 12.2 Å². The molecule has 1 rings (SSSR count). The molecule has 0 bridgehead atoms. The molecule has 0 aliphatic heterocycles. The zero-order chi connectivity index (χ0) is 14.5. The van der Waals surface area contributed by atoms with Gasteiger partial charge in [-0.25, -0.2) is 13.2 Å². The number of carbonyl (C=O) groups is 1. The van der Waals surface area contributed by atoms with Crippen molar-refractivity contribution < 1.29 is 13.2 Å². The van der Waals surface area contributed by atoms with Crippen molar-refractivity contribution in [2.75, 3.05) is 18.6 Å². The third-order valence-electron chi connectivity index (χ3n) is 3.24. The van der Waals surface area contributed by atoms with Gasteiger partial charge in [-0.3, -0.25) is 0 Å². The predicted octanol–water partition coefficient (Wildman–Crippen LogP) is 1.56. The van der Waals surface area contributed by atoms with Crippen LogP contribution < -0.4 is 5.32 Å². The van der Waals surface area contributed by atoms with Crippen LogP contribution in [0.2, 0.25) is 0 Å². The summed E-state index contributed by atoms with van der Waals surface area (Å²) in [4.78, 5) is 13.7. The Bertz CT molecular complexity index is 431. The van der Waals surface area contributed by atoms with Gasteiger partial charge in [0.1, 0.15) is 9.84 Å². The Morgan fingerprint density at radius 1 is 1.53 bits per heavy atom. The fourth-order valence-electron chi connectivity index (χ4n) is 2.36. The monoisotopic (exact) mass is 288 g/mol. The zero-order valence-electron chi connectivity index (χ0n) is 11.9. The van der Waals surface area contributed by atoms with Crippen molar-refractivity contribution in [1.82, 2.24) is 10.2 Å². The van der Waals surface area contributed by atoms with E-state index in [4.69, 9.17) is 0 Å². The average molecular weight is 288 g/mol. The molecule has 0 aromatic carbocycles. The molecule has 0 heterocycles. The van der Waals surface area contributed by atoms with E-state index in [0.717, 1.165) is 19.3 Å². The van der Waals surface area contributed by atoms with Crippen molar-refractivity contribution in [3.63, 3.8) is 0 Å². The van der Waals surface area contributed by atoms with E-state index >= 15 is 0 Å². The maximum atomic E-state index is 12.2. The number of sulfone groups is 1. The van der Waals surface area contributed by atoms with Crippen LogP contribution in [0.25, 0.3) is 0 Å².